The summed E-state index contributed by atoms with van der Waals surface area (Å²) in [6.07, 6.45) is 2.22. The van der Waals surface area contributed by atoms with E-state index < -0.39 is 11.8 Å². The van der Waals surface area contributed by atoms with Gasteiger partial charge in [-0.1, -0.05) is 48.5 Å². The van der Waals surface area contributed by atoms with E-state index in [9.17, 15) is 9.59 Å². The number of carbonyl (C=O) groups excluding carboxylic acids is 2. The fourth-order valence-corrected chi connectivity index (χ4v) is 2.89. The van der Waals surface area contributed by atoms with Gasteiger partial charge in [0.1, 0.15) is 0 Å². The lowest BCUT2D eigenvalue weighted by Crippen LogP contribution is -2.38. The van der Waals surface area contributed by atoms with Crippen LogP contribution in [-0.4, -0.2) is 38.3 Å². The molecular formula is C21H21N3O3. The molecule has 0 bridgehead atoms. The van der Waals surface area contributed by atoms with Crippen molar-refractivity contribution in [2.24, 2.45) is 5.10 Å². The molecule has 0 spiro atoms. The molecule has 0 fully saturated rings. The van der Waals surface area contributed by atoms with Gasteiger partial charge in [-0.2, -0.15) is 5.10 Å². The van der Waals surface area contributed by atoms with Crippen molar-refractivity contribution >= 4 is 39.6 Å². The molecular weight excluding hydrogens is 342 g/mol. The van der Waals surface area contributed by atoms with E-state index in [1.165, 1.54) is 0 Å². The van der Waals surface area contributed by atoms with E-state index in [4.69, 9.17) is 4.74 Å². The minimum absolute atomic E-state index is 0.373. The highest BCUT2D eigenvalue weighted by Crippen LogP contribution is 2.27. The van der Waals surface area contributed by atoms with Crippen LogP contribution in [-0.2, 0) is 14.3 Å². The molecule has 2 N–H and O–H groups in total. The summed E-state index contributed by atoms with van der Waals surface area (Å²) in [5, 5.41) is 10.7. The normalized spacial score (nSPS) is 11.1. The number of methoxy groups -OCH3 is 1. The number of hydrazone groups is 1. The van der Waals surface area contributed by atoms with E-state index in [2.05, 4.69) is 21.9 Å². The molecule has 0 aliphatic carbocycles. The Bertz CT molecular complexity index is 944. The highest BCUT2D eigenvalue weighted by Gasteiger charge is 2.11. The molecule has 0 saturated heterocycles. The van der Waals surface area contributed by atoms with Crippen LogP contribution in [0.3, 0.4) is 0 Å². The second-order valence-electron chi connectivity index (χ2n) is 6.03. The summed E-state index contributed by atoms with van der Waals surface area (Å²) in [4.78, 5) is 23.6. The fourth-order valence-electron chi connectivity index (χ4n) is 2.89. The second kappa shape index (κ2) is 8.91. The van der Waals surface area contributed by atoms with Crippen molar-refractivity contribution in [1.29, 1.82) is 0 Å². The Morgan fingerprint density at radius 1 is 1.00 bits per heavy atom. The number of ether oxygens (including phenoxy) is 1. The predicted molar refractivity (Wildman–Crippen MR) is 107 cm³/mol. The first-order valence-corrected chi connectivity index (χ1v) is 8.71. The van der Waals surface area contributed by atoms with Gasteiger partial charge in [0.25, 0.3) is 0 Å². The molecule has 6 nitrogen and oxygen atoms in total. The number of amides is 2. The SMILES string of the molecule is COCCCNC(=O)C(=O)NN=Cc1c2ccccc2cc2ccccc12. The standard InChI is InChI=1S/C21H21N3O3/c1-27-12-6-11-22-20(25)21(26)24-23-14-19-17-9-4-2-7-15(17)13-16-8-3-5-10-18(16)19/h2-5,7-10,13-14H,6,11-12H2,1H3,(H,22,25)(H,24,26). The minimum Gasteiger partial charge on any atom is -0.385 e. The fraction of sp³-hybridized carbons (Fsp3) is 0.190. The van der Waals surface area contributed by atoms with Crippen LogP contribution in [0.2, 0.25) is 0 Å². The Labute approximate surface area is 157 Å². The summed E-state index contributed by atoms with van der Waals surface area (Å²) in [6.45, 7) is 0.895. The van der Waals surface area contributed by atoms with Crippen molar-refractivity contribution in [1.82, 2.24) is 10.7 Å². The van der Waals surface area contributed by atoms with Crippen LogP contribution in [0.5, 0.6) is 0 Å². The van der Waals surface area contributed by atoms with E-state index in [-0.39, 0.29) is 0 Å². The Balaban J connectivity index is 1.77. The summed E-state index contributed by atoms with van der Waals surface area (Å²) in [7, 11) is 1.58. The van der Waals surface area contributed by atoms with Gasteiger partial charge in [-0.15, -0.1) is 0 Å². The smallest absolute Gasteiger partial charge is 0.329 e. The maximum absolute atomic E-state index is 11.9. The maximum atomic E-state index is 11.9. The molecule has 6 heteroatoms. The molecule has 3 rings (SSSR count). The first-order chi connectivity index (χ1) is 13.2. The van der Waals surface area contributed by atoms with E-state index in [1.54, 1.807) is 13.3 Å². The number of nitrogens with zero attached hydrogens (tertiary/aromatic N) is 1. The van der Waals surface area contributed by atoms with Crippen molar-refractivity contribution < 1.29 is 14.3 Å². The number of hydrogen-bond donors (Lipinski definition) is 2. The Morgan fingerprint density at radius 2 is 1.63 bits per heavy atom. The van der Waals surface area contributed by atoms with Gasteiger partial charge in [-0.25, -0.2) is 5.43 Å². The van der Waals surface area contributed by atoms with Gasteiger partial charge in [0.05, 0.1) is 6.21 Å². The summed E-state index contributed by atoms with van der Waals surface area (Å²) in [5.41, 5.74) is 3.18. The van der Waals surface area contributed by atoms with Gasteiger partial charge >= 0.3 is 11.8 Å². The van der Waals surface area contributed by atoms with Crippen molar-refractivity contribution in [3.05, 3.63) is 60.2 Å². The third-order valence-electron chi connectivity index (χ3n) is 4.19. The quantitative estimate of drug-likeness (QED) is 0.232. The van der Waals surface area contributed by atoms with Crippen molar-refractivity contribution in [2.75, 3.05) is 20.3 Å². The summed E-state index contributed by atoms with van der Waals surface area (Å²) < 4.78 is 4.89. The van der Waals surface area contributed by atoms with Crippen LogP contribution < -0.4 is 10.7 Å². The molecule has 138 valence electrons. The van der Waals surface area contributed by atoms with Crippen molar-refractivity contribution in [2.45, 2.75) is 6.42 Å². The molecule has 0 aliphatic rings. The van der Waals surface area contributed by atoms with E-state index in [0.717, 1.165) is 27.1 Å². The van der Waals surface area contributed by atoms with Gasteiger partial charge in [0.2, 0.25) is 0 Å². The van der Waals surface area contributed by atoms with E-state index >= 15 is 0 Å². The first kappa shape index (κ1) is 18.5. The molecule has 0 unspecified atom stereocenters. The van der Waals surface area contributed by atoms with Crippen LogP contribution in [0.4, 0.5) is 0 Å². The molecule has 0 heterocycles. The zero-order valence-corrected chi connectivity index (χ0v) is 15.1. The first-order valence-electron chi connectivity index (χ1n) is 8.71. The highest BCUT2D eigenvalue weighted by atomic mass is 16.5. The molecule has 3 aromatic carbocycles. The molecule has 0 saturated carbocycles. The monoisotopic (exact) mass is 363 g/mol. The highest BCUT2D eigenvalue weighted by molar-refractivity contribution is 6.35. The summed E-state index contributed by atoms with van der Waals surface area (Å²) >= 11 is 0. The van der Waals surface area contributed by atoms with Crippen LogP contribution in [0.25, 0.3) is 21.5 Å². The third kappa shape index (κ3) is 4.48. The topological polar surface area (TPSA) is 79.8 Å². The average Bonchev–Trinajstić information content (AvgIpc) is 2.70. The zero-order valence-electron chi connectivity index (χ0n) is 15.1. The van der Waals surface area contributed by atoms with Crippen LogP contribution in [0.15, 0.2) is 59.7 Å². The van der Waals surface area contributed by atoms with E-state index in [1.807, 2.05) is 48.5 Å². The number of carbonyl (C=O) groups is 2. The lowest BCUT2D eigenvalue weighted by molar-refractivity contribution is -0.139. The van der Waals surface area contributed by atoms with Gasteiger partial charge in [0.15, 0.2) is 0 Å². The Hall–Kier alpha value is -3.25. The Morgan fingerprint density at radius 3 is 2.26 bits per heavy atom. The molecule has 0 aliphatic heterocycles. The molecule has 3 aromatic rings. The van der Waals surface area contributed by atoms with Gasteiger partial charge < -0.3 is 10.1 Å². The molecule has 0 atom stereocenters. The van der Waals surface area contributed by atoms with Crippen LogP contribution >= 0.6 is 0 Å². The maximum Gasteiger partial charge on any atom is 0.329 e. The summed E-state index contributed by atoms with van der Waals surface area (Å²) in [5.74, 6) is -1.51. The number of benzene rings is 3. The van der Waals surface area contributed by atoms with Gasteiger partial charge in [-0.3, -0.25) is 9.59 Å². The third-order valence-corrected chi connectivity index (χ3v) is 4.19. The zero-order chi connectivity index (χ0) is 19.1. The summed E-state index contributed by atoms with van der Waals surface area (Å²) in [6, 6.07) is 18.1. The number of rotatable bonds is 6. The molecule has 2 amide bonds. The lowest BCUT2D eigenvalue weighted by Gasteiger charge is -2.08. The van der Waals surface area contributed by atoms with E-state index in [0.29, 0.717) is 19.6 Å². The van der Waals surface area contributed by atoms with Crippen LogP contribution in [0.1, 0.15) is 12.0 Å². The Kier molecular flexibility index (Phi) is 6.12. The largest absolute Gasteiger partial charge is 0.385 e. The molecule has 27 heavy (non-hydrogen) atoms. The average molecular weight is 363 g/mol. The van der Waals surface area contributed by atoms with Gasteiger partial charge in [0, 0.05) is 25.8 Å². The predicted octanol–water partition coefficient (Wildman–Crippen LogP) is 2.60. The number of nitrogens with one attached hydrogen (secondary N) is 2. The molecule has 0 radical (unpaired) electrons. The molecule has 0 aromatic heterocycles. The van der Waals surface area contributed by atoms with Crippen molar-refractivity contribution in [3.63, 3.8) is 0 Å². The number of hydrogen-bond acceptors (Lipinski definition) is 4. The van der Waals surface area contributed by atoms with Crippen molar-refractivity contribution in [3.8, 4) is 0 Å². The van der Waals surface area contributed by atoms with Gasteiger partial charge in [-0.05, 0) is 34.0 Å². The minimum atomic E-state index is -0.798. The lowest BCUT2D eigenvalue weighted by atomic mass is 9.97. The second-order valence-corrected chi connectivity index (χ2v) is 6.03. The number of fused-ring (bicyclic) bond motifs is 2. The van der Waals surface area contributed by atoms with Crippen LogP contribution in [0, 0.1) is 0 Å².